The van der Waals surface area contributed by atoms with Gasteiger partial charge in [-0.15, -0.1) is 0 Å². The third kappa shape index (κ3) is 3.15. The Balaban J connectivity index is 2.03. The molecule has 1 aromatic carbocycles. The lowest BCUT2D eigenvalue weighted by molar-refractivity contribution is 0.00754. The van der Waals surface area contributed by atoms with Crippen molar-refractivity contribution in [1.29, 1.82) is 0 Å². The fourth-order valence-electron chi connectivity index (χ4n) is 3.93. The number of rotatable bonds is 1. The van der Waals surface area contributed by atoms with Gasteiger partial charge in [0, 0.05) is 23.8 Å². The van der Waals surface area contributed by atoms with Gasteiger partial charge in [-0.2, -0.15) is 0 Å². The molecule has 1 heterocycles. The highest BCUT2D eigenvalue weighted by Crippen LogP contribution is 2.54. The maximum absolute atomic E-state index is 10.6. The van der Waals surface area contributed by atoms with Gasteiger partial charge in [0.25, 0.3) is 0 Å². The lowest BCUT2D eigenvalue weighted by Gasteiger charge is -2.47. The van der Waals surface area contributed by atoms with E-state index in [9.17, 15) is 5.11 Å². The van der Waals surface area contributed by atoms with Gasteiger partial charge in [-0.1, -0.05) is 39.4 Å². The van der Waals surface area contributed by atoms with Crippen molar-refractivity contribution in [1.82, 2.24) is 0 Å². The van der Waals surface area contributed by atoms with Crippen molar-refractivity contribution in [2.75, 3.05) is 5.33 Å². The molecule has 0 saturated carbocycles. The molecule has 2 aliphatic rings. The standard InChI is InChI=1S/C20H23BrO2/c1-13-7-8-16-15(10-13)19-17(22)11-14(6-4-5-9-21)12-18(19)23-20(16,2)3/h7,11-12,15-16,22H,6,8-10H2,1-3H3. The molecule has 0 amide bonds. The van der Waals surface area contributed by atoms with Crippen molar-refractivity contribution in [3.8, 4) is 23.3 Å². The monoisotopic (exact) mass is 374 g/mol. The zero-order chi connectivity index (χ0) is 16.6. The number of phenolic OH excluding ortho intramolecular Hbond substituents is 1. The molecule has 1 aromatic rings. The fourth-order valence-corrected chi connectivity index (χ4v) is 4.13. The molecule has 0 bridgehead atoms. The van der Waals surface area contributed by atoms with Crippen LogP contribution in [0.1, 0.15) is 50.7 Å². The summed E-state index contributed by atoms with van der Waals surface area (Å²) in [7, 11) is 0. The molecule has 2 nitrogen and oxygen atoms in total. The smallest absolute Gasteiger partial charge is 0.127 e. The second-order valence-electron chi connectivity index (χ2n) is 7.10. The van der Waals surface area contributed by atoms with Crippen molar-refractivity contribution in [3.63, 3.8) is 0 Å². The number of halogens is 1. The maximum atomic E-state index is 10.6. The van der Waals surface area contributed by atoms with Crippen molar-refractivity contribution in [2.45, 2.75) is 51.6 Å². The summed E-state index contributed by atoms with van der Waals surface area (Å²) in [4.78, 5) is 0. The van der Waals surface area contributed by atoms with Gasteiger partial charge >= 0.3 is 0 Å². The van der Waals surface area contributed by atoms with Gasteiger partial charge in [0.15, 0.2) is 0 Å². The second-order valence-corrected chi connectivity index (χ2v) is 7.66. The molecule has 3 heteroatoms. The predicted molar refractivity (Wildman–Crippen MR) is 97.3 cm³/mol. The third-order valence-electron chi connectivity index (χ3n) is 5.05. The number of aromatic hydroxyl groups is 1. The average Bonchev–Trinajstić information content (AvgIpc) is 2.46. The molecule has 0 spiro atoms. The van der Waals surface area contributed by atoms with Gasteiger partial charge in [0.05, 0.1) is 5.33 Å². The highest BCUT2D eigenvalue weighted by Gasteiger charge is 2.45. The van der Waals surface area contributed by atoms with Gasteiger partial charge in [-0.25, -0.2) is 0 Å². The number of allylic oxidation sites excluding steroid dienone is 2. The Morgan fingerprint density at radius 1 is 1.35 bits per heavy atom. The number of hydrogen-bond acceptors (Lipinski definition) is 2. The quantitative estimate of drug-likeness (QED) is 0.428. The van der Waals surface area contributed by atoms with Gasteiger partial charge in [0.1, 0.15) is 17.1 Å². The molecule has 2 atom stereocenters. The van der Waals surface area contributed by atoms with Gasteiger partial charge in [-0.3, -0.25) is 0 Å². The molecule has 0 saturated heterocycles. The third-order valence-corrected chi connectivity index (χ3v) is 5.33. The van der Waals surface area contributed by atoms with Crippen LogP contribution in [0.4, 0.5) is 0 Å². The summed E-state index contributed by atoms with van der Waals surface area (Å²) in [5, 5.41) is 11.3. The van der Waals surface area contributed by atoms with Gasteiger partial charge in [0.2, 0.25) is 0 Å². The highest BCUT2D eigenvalue weighted by molar-refractivity contribution is 9.09. The minimum absolute atomic E-state index is 0.221. The second kappa shape index (κ2) is 6.24. The first-order valence-corrected chi connectivity index (χ1v) is 9.26. The first-order valence-electron chi connectivity index (χ1n) is 8.14. The van der Waals surface area contributed by atoms with E-state index in [0.29, 0.717) is 29.3 Å². The summed E-state index contributed by atoms with van der Waals surface area (Å²) in [6.07, 6.45) is 4.96. The normalized spacial score (nSPS) is 24.4. The maximum Gasteiger partial charge on any atom is 0.127 e. The summed E-state index contributed by atoms with van der Waals surface area (Å²) in [5.41, 5.74) is 3.18. The summed E-state index contributed by atoms with van der Waals surface area (Å²) in [5.74, 6) is 8.03. The van der Waals surface area contributed by atoms with Crippen LogP contribution in [0.5, 0.6) is 11.5 Å². The van der Waals surface area contributed by atoms with Crippen LogP contribution in [0.25, 0.3) is 0 Å². The number of fused-ring (bicyclic) bond motifs is 3. The SMILES string of the molecule is CC1=CCC2C(C1)c1c(O)cc(CC#CCBr)cc1OC2(C)C. The average molecular weight is 375 g/mol. The Morgan fingerprint density at radius 2 is 2.13 bits per heavy atom. The number of benzene rings is 1. The largest absolute Gasteiger partial charge is 0.508 e. The molecule has 23 heavy (non-hydrogen) atoms. The molecule has 0 radical (unpaired) electrons. The molecular weight excluding hydrogens is 352 g/mol. The van der Waals surface area contributed by atoms with Crippen LogP contribution in [0.15, 0.2) is 23.8 Å². The van der Waals surface area contributed by atoms with Crippen LogP contribution in [-0.4, -0.2) is 16.0 Å². The summed E-state index contributed by atoms with van der Waals surface area (Å²) in [6, 6.07) is 3.91. The van der Waals surface area contributed by atoms with Gasteiger partial charge in [-0.05, 0) is 51.3 Å². The van der Waals surface area contributed by atoms with Crippen LogP contribution >= 0.6 is 15.9 Å². The Hall–Kier alpha value is -1.40. The molecule has 1 aliphatic heterocycles. The Labute approximate surface area is 147 Å². The van der Waals surface area contributed by atoms with Gasteiger partial charge < -0.3 is 9.84 Å². The van der Waals surface area contributed by atoms with Crippen molar-refractivity contribution >= 4 is 15.9 Å². The molecule has 1 aliphatic carbocycles. The van der Waals surface area contributed by atoms with E-state index < -0.39 is 0 Å². The molecule has 1 N–H and O–H groups in total. The molecule has 0 aromatic heterocycles. The molecule has 3 rings (SSSR count). The molecule has 2 unspecified atom stereocenters. The summed E-state index contributed by atoms with van der Waals surface area (Å²) >= 11 is 3.30. The molecule has 0 fully saturated rings. The number of phenols is 1. The van der Waals surface area contributed by atoms with Crippen LogP contribution < -0.4 is 4.74 Å². The van der Waals surface area contributed by atoms with E-state index in [1.165, 1.54) is 5.57 Å². The van der Waals surface area contributed by atoms with E-state index in [4.69, 9.17) is 4.74 Å². The fraction of sp³-hybridized carbons (Fsp3) is 0.500. The van der Waals surface area contributed by atoms with Crippen LogP contribution in [0, 0.1) is 17.8 Å². The lowest BCUT2D eigenvalue weighted by Crippen LogP contribution is -2.45. The minimum atomic E-state index is -0.221. The first kappa shape index (κ1) is 16.5. The van der Waals surface area contributed by atoms with E-state index in [0.717, 1.165) is 29.7 Å². The zero-order valence-electron chi connectivity index (χ0n) is 13.9. The van der Waals surface area contributed by atoms with Crippen molar-refractivity contribution in [2.24, 2.45) is 5.92 Å². The highest BCUT2D eigenvalue weighted by atomic mass is 79.9. The van der Waals surface area contributed by atoms with Crippen molar-refractivity contribution < 1.29 is 9.84 Å². The topological polar surface area (TPSA) is 29.5 Å². The summed E-state index contributed by atoms with van der Waals surface area (Å²) < 4.78 is 6.31. The zero-order valence-corrected chi connectivity index (χ0v) is 15.5. The minimum Gasteiger partial charge on any atom is -0.508 e. The Bertz CT molecular complexity index is 706. The predicted octanol–water partition coefficient (Wildman–Crippen LogP) is 4.94. The van der Waals surface area contributed by atoms with Crippen LogP contribution in [-0.2, 0) is 6.42 Å². The number of alkyl halides is 1. The Kier molecular flexibility index (Phi) is 4.47. The van der Waals surface area contributed by atoms with Crippen molar-refractivity contribution in [3.05, 3.63) is 34.9 Å². The van der Waals surface area contributed by atoms with E-state index in [1.54, 1.807) is 0 Å². The molecular formula is C20H23BrO2. The number of ether oxygens (including phenoxy) is 1. The van der Waals surface area contributed by atoms with E-state index in [-0.39, 0.29) is 5.60 Å². The van der Waals surface area contributed by atoms with E-state index in [2.05, 4.69) is 60.7 Å². The van der Waals surface area contributed by atoms with E-state index >= 15 is 0 Å². The van der Waals surface area contributed by atoms with Crippen LogP contribution in [0.3, 0.4) is 0 Å². The molecule has 122 valence electrons. The Morgan fingerprint density at radius 3 is 2.87 bits per heavy atom. The summed E-state index contributed by atoms with van der Waals surface area (Å²) in [6.45, 7) is 6.51. The lowest BCUT2D eigenvalue weighted by atomic mass is 9.67. The number of hydrogen-bond donors (Lipinski definition) is 1. The van der Waals surface area contributed by atoms with E-state index in [1.807, 2.05) is 6.07 Å². The van der Waals surface area contributed by atoms with Crippen LogP contribution in [0.2, 0.25) is 0 Å². The first-order chi connectivity index (χ1) is 10.9.